The topological polar surface area (TPSA) is 91.3 Å². The molecule has 0 amide bonds. The van der Waals surface area contributed by atoms with Gasteiger partial charge in [0.2, 0.25) is 16.0 Å². The fourth-order valence-electron chi connectivity index (χ4n) is 3.81. The third-order valence-electron chi connectivity index (χ3n) is 5.65. The van der Waals surface area contributed by atoms with Gasteiger partial charge in [-0.05, 0) is 45.1 Å². The van der Waals surface area contributed by atoms with Crippen LogP contribution in [0.5, 0.6) is 0 Å². The predicted octanol–water partition coefficient (Wildman–Crippen LogP) is 2.74. The molecule has 0 saturated carbocycles. The summed E-state index contributed by atoms with van der Waals surface area (Å²) in [4.78, 5) is 14.2. The molecular weight excluding hydrogens is 450 g/mol. The van der Waals surface area contributed by atoms with Crippen molar-refractivity contribution in [3.8, 4) is 11.3 Å². The van der Waals surface area contributed by atoms with Gasteiger partial charge in [-0.25, -0.2) is 31.5 Å². The summed E-state index contributed by atoms with van der Waals surface area (Å²) in [5, 5.41) is 3.71. The Bertz CT molecular complexity index is 1250. The summed E-state index contributed by atoms with van der Waals surface area (Å²) < 4.78 is 55.5. The Kier molecular flexibility index (Phi) is 6.82. The van der Waals surface area contributed by atoms with Crippen molar-refractivity contribution in [2.24, 2.45) is 0 Å². The van der Waals surface area contributed by atoms with E-state index in [-0.39, 0.29) is 34.5 Å². The van der Waals surface area contributed by atoms with E-state index in [2.05, 4.69) is 20.3 Å². The van der Waals surface area contributed by atoms with E-state index in [1.54, 1.807) is 18.2 Å². The van der Waals surface area contributed by atoms with Gasteiger partial charge in [0.1, 0.15) is 17.0 Å². The van der Waals surface area contributed by atoms with Gasteiger partial charge in [-0.15, -0.1) is 0 Å². The maximum Gasteiger partial charge on any atom is 0.223 e. The van der Waals surface area contributed by atoms with Crippen LogP contribution in [-0.2, 0) is 10.0 Å². The molecule has 176 valence electrons. The molecule has 3 aromatic rings. The smallest absolute Gasteiger partial charge is 0.223 e. The van der Waals surface area contributed by atoms with Crippen molar-refractivity contribution < 1.29 is 17.2 Å². The zero-order chi connectivity index (χ0) is 23.6. The van der Waals surface area contributed by atoms with Crippen LogP contribution in [-0.4, -0.2) is 78.1 Å². The number of halogens is 2. The van der Waals surface area contributed by atoms with E-state index in [4.69, 9.17) is 0 Å². The number of hydrogen-bond donors (Lipinski definition) is 1. The number of anilines is 1. The first kappa shape index (κ1) is 23.4. The number of pyridine rings is 1. The maximum absolute atomic E-state index is 14.5. The normalized spacial score (nSPS) is 15.9. The van der Waals surface area contributed by atoms with Gasteiger partial charge >= 0.3 is 0 Å². The third kappa shape index (κ3) is 5.43. The zero-order valence-corrected chi connectivity index (χ0v) is 19.3. The van der Waals surface area contributed by atoms with E-state index >= 15 is 0 Å². The van der Waals surface area contributed by atoms with E-state index in [1.807, 2.05) is 19.0 Å². The number of piperidine rings is 1. The van der Waals surface area contributed by atoms with Crippen LogP contribution < -0.4 is 5.32 Å². The van der Waals surface area contributed by atoms with Gasteiger partial charge in [0, 0.05) is 42.8 Å². The molecule has 8 nitrogen and oxygen atoms in total. The van der Waals surface area contributed by atoms with Gasteiger partial charge in [0.05, 0.1) is 11.9 Å². The highest BCUT2D eigenvalue weighted by molar-refractivity contribution is 7.89. The van der Waals surface area contributed by atoms with Crippen molar-refractivity contribution in [3.63, 3.8) is 0 Å². The number of nitrogens with zero attached hydrogens (tertiary/aromatic N) is 5. The van der Waals surface area contributed by atoms with Gasteiger partial charge in [-0.2, -0.15) is 0 Å². The molecule has 0 radical (unpaired) electrons. The van der Waals surface area contributed by atoms with Crippen LogP contribution in [0.3, 0.4) is 0 Å². The third-order valence-corrected chi connectivity index (χ3v) is 7.50. The lowest BCUT2D eigenvalue weighted by molar-refractivity contribution is 0.326. The molecule has 2 aromatic heterocycles. The highest BCUT2D eigenvalue weighted by Gasteiger charge is 2.28. The molecule has 1 aliphatic heterocycles. The summed E-state index contributed by atoms with van der Waals surface area (Å²) in [6.45, 7) is 1.26. The summed E-state index contributed by atoms with van der Waals surface area (Å²) in [5.74, 6) is -0.920. The Hall–Kier alpha value is -2.76. The van der Waals surface area contributed by atoms with Crippen molar-refractivity contribution >= 4 is 26.9 Å². The van der Waals surface area contributed by atoms with Gasteiger partial charge in [0.15, 0.2) is 5.82 Å². The van der Waals surface area contributed by atoms with Crippen molar-refractivity contribution in [2.75, 3.05) is 44.8 Å². The number of sulfonamides is 1. The van der Waals surface area contributed by atoms with Crippen LogP contribution >= 0.6 is 0 Å². The molecule has 0 unspecified atom stereocenters. The number of aromatic nitrogens is 3. The van der Waals surface area contributed by atoms with Crippen molar-refractivity contribution in [1.82, 2.24) is 24.2 Å². The highest BCUT2D eigenvalue weighted by atomic mass is 32.2. The van der Waals surface area contributed by atoms with Crippen LogP contribution in [0, 0.1) is 11.6 Å². The summed E-state index contributed by atoms with van der Waals surface area (Å²) >= 11 is 0. The second-order valence-electron chi connectivity index (χ2n) is 8.36. The standard InChI is InChI=1S/C22H26F2N6O2S/c1-29(2)10-11-33(31,32)30-8-5-17(6-9-30)27-22-26-14-19(24)21(28-22)16-12-15-4-3-7-25-20(15)18(23)13-16/h3-4,7,12-14,17H,5-6,8-11H2,1-2H3,(H,26,27,28). The van der Waals surface area contributed by atoms with E-state index in [9.17, 15) is 17.2 Å². The minimum absolute atomic E-state index is 0.0131. The average Bonchev–Trinajstić information content (AvgIpc) is 2.79. The molecule has 33 heavy (non-hydrogen) atoms. The van der Waals surface area contributed by atoms with Crippen LogP contribution in [0.4, 0.5) is 14.7 Å². The largest absolute Gasteiger partial charge is 0.351 e. The molecule has 1 aliphatic rings. The van der Waals surface area contributed by atoms with Crippen molar-refractivity contribution in [2.45, 2.75) is 18.9 Å². The molecule has 1 saturated heterocycles. The molecular formula is C22H26F2N6O2S. The first-order valence-corrected chi connectivity index (χ1v) is 12.3. The Morgan fingerprint density at radius 1 is 1.15 bits per heavy atom. The SMILES string of the molecule is CN(C)CCS(=O)(=O)N1CCC(Nc2ncc(F)c(-c3cc(F)c4ncccc4c3)n2)CC1. The first-order valence-electron chi connectivity index (χ1n) is 10.7. The first-order chi connectivity index (χ1) is 15.7. The molecule has 0 bridgehead atoms. The van der Waals surface area contributed by atoms with Gasteiger partial charge in [0.25, 0.3) is 0 Å². The minimum atomic E-state index is -3.30. The average molecular weight is 477 g/mol. The van der Waals surface area contributed by atoms with E-state index < -0.39 is 21.7 Å². The predicted molar refractivity (Wildman–Crippen MR) is 123 cm³/mol. The summed E-state index contributed by atoms with van der Waals surface area (Å²) in [5.41, 5.74) is 0.486. The fraction of sp³-hybridized carbons (Fsp3) is 0.409. The van der Waals surface area contributed by atoms with Crippen molar-refractivity contribution in [3.05, 3.63) is 48.3 Å². The van der Waals surface area contributed by atoms with Gasteiger partial charge in [-0.1, -0.05) is 6.07 Å². The molecule has 1 aromatic carbocycles. The highest BCUT2D eigenvalue weighted by Crippen LogP contribution is 2.27. The number of benzene rings is 1. The lowest BCUT2D eigenvalue weighted by atomic mass is 10.1. The van der Waals surface area contributed by atoms with Crippen molar-refractivity contribution in [1.29, 1.82) is 0 Å². The molecule has 1 N–H and O–H groups in total. The van der Waals surface area contributed by atoms with E-state index in [1.165, 1.54) is 16.6 Å². The van der Waals surface area contributed by atoms with Crippen LogP contribution in [0.1, 0.15) is 12.8 Å². The fourth-order valence-corrected chi connectivity index (χ4v) is 5.43. The summed E-state index contributed by atoms with van der Waals surface area (Å²) in [7, 11) is 0.376. The van der Waals surface area contributed by atoms with Gasteiger partial charge in [-0.3, -0.25) is 4.98 Å². The quantitative estimate of drug-likeness (QED) is 0.561. The Morgan fingerprint density at radius 3 is 2.64 bits per heavy atom. The molecule has 0 aliphatic carbocycles. The number of rotatable bonds is 7. The molecule has 4 rings (SSSR count). The zero-order valence-electron chi connectivity index (χ0n) is 18.5. The Labute approximate surface area is 191 Å². The molecule has 3 heterocycles. The molecule has 0 spiro atoms. The summed E-state index contributed by atoms with van der Waals surface area (Å²) in [6.07, 6.45) is 3.70. The monoisotopic (exact) mass is 476 g/mol. The Morgan fingerprint density at radius 2 is 1.91 bits per heavy atom. The van der Waals surface area contributed by atoms with Gasteiger partial charge < -0.3 is 10.2 Å². The van der Waals surface area contributed by atoms with Crippen LogP contribution in [0.2, 0.25) is 0 Å². The molecule has 11 heteroatoms. The van der Waals surface area contributed by atoms with Crippen LogP contribution in [0.25, 0.3) is 22.2 Å². The summed E-state index contributed by atoms with van der Waals surface area (Å²) in [6, 6.07) is 6.18. The van der Waals surface area contributed by atoms with E-state index in [0.717, 1.165) is 6.20 Å². The number of nitrogens with one attached hydrogen (secondary N) is 1. The minimum Gasteiger partial charge on any atom is -0.351 e. The Balaban J connectivity index is 1.46. The second kappa shape index (κ2) is 9.62. The number of fused-ring (bicyclic) bond motifs is 1. The lowest BCUT2D eigenvalue weighted by Gasteiger charge is -2.32. The van der Waals surface area contributed by atoms with Crippen LogP contribution in [0.15, 0.2) is 36.7 Å². The van der Waals surface area contributed by atoms with E-state index in [0.29, 0.717) is 37.9 Å². The maximum atomic E-state index is 14.5. The number of hydrogen-bond acceptors (Lipinski definition) is 7. The second-order valence-corrected chi connectivity index (χ2v) is 10.4. The molecule has 1 fully saturated rings. The lowest BCUT2D eigenvalue weighted by Crippen LogP contribution is -2.44. The molecule has 0 atom stereocenters.